The highest BCUT2D eigenvalue weighted by atomic mass is 79.9. The van der Waals surface area contributed by atoms with Crippen molar-refractivity contribution in [2.75, 3.05) is 0 Å². The van der Waals surface area contributed by atoms with Crippen LogP contribution in [0.25, 0.3) is 27.8 Å². The molecule has 1 heterocycles. The highest BCUT2D eigenvalue weighted by molar-refractivity contribution is 9.10. The van der Waals surface area contributed by atoms with Crippen molar-refractivity contribution in [2.24, 2.45) is 0 Å². The molecule has 0 saturated heterocycles. The highest BCUT2D eigenvalue weighted by Gasteiger charge is 2.16. The minimum atomic E-state index is 1.02. The van der Waals surface area contributed by atoms with E-state index in [2.05, 4.69) is 89.4 Å². The van der Waals surface area contributed by atoms with Crippen LogP contribution in [0, 0.1) is 13.8 Å². The molecule has 0 radical (unpaired) electrons. The minimum absolute atomic E-state index is 1.02. The lowest BCUT2D eigenvalue weighted by atomic mass is 9.98. The van der Waals surface area contributed by atoms with Crippen LogP contribution >= 0.6 is 15.9 Å². The Balaban J connectivity index is 1.52. The van der Waals surface area contributed by atoms with Crippen molar-refractivity contribution in [1.82, 2.24) is 4.98 Å². The van der Waals surface area contributed by atoms with Crippen molar-refractivity contribution in [3.63, 3.8) is 0 Å². The molecule has 0 unspecified atom stereocenters. The number of hydrogen-bond donors (Lipinski definition) is 1. The summed E-state index contributed by atoms with van der Waals surface area (Å²) < 4.78 is 1.02. The largest absolute Gasteiger partial charge is 0.349 e. The van der Waals surface area contributed by atoms with Crippen LogP contribution in [-0.2, 0) is 12.8 Å². The van der Waals surface area contributed by atoms with E-state index in [1.54, 1.807) is 5.57 Å². The number of pyridine rings is 1. The van der Waals surface area contributed by atoms with E-state index >= 15 is 0 Å². The monoisotopic (exact) mass is 415 g/mol. The van der Waals surface area contributed by atoms with E-state index in [1.807, 2.05) is 0 Å². The average Bonchev–Trinajstić information content (AvgIpc) is 3.20. The molecule has 3 aromatic carbocycles. The van der Waals surface area contributed by atoms with Crippen LogP contribution in [0.3, 0.4) is 0 Å². The van der Waals surface area contributed by atoms with Gasteiger partial charge in [-0.15, -0.1) is 0 Å². The molecule has 4 aromatic rings. The molecule has 1 N–H and O–H groups in total. The number of nitrogens with one attached hydrogen (secondary N) is 1. The summed E-state index contributed by atoms with van der Waals surface area (Å²) in [4.78, 5) is 3.47. The normalized spacial score (nSPS) is 13.4. The van der Waals surface area contributed by atoms with Crippen molar-refractivity contribution in [3.8, 4) is 0 Å². The van der Waals surface area contributed by atoms with Crippen molar-refractivity contribution in [3.05, 3.63) is 86.5 Å². The average molecular weight is 416 g/mol. The van der Waals surface area contributed by atoms with Crippen LogP contribution in [0.15, 0.2) is 58.7 Å². The highest BCUT2D eigenvalue weighted by Crippen LogP contribution is 2.35. The number of aryl methyl sites for hydroxylation is 3. The zero-order chi connectivity index (χ0) is 18.5. The maximum absolute atomic E-state index is 3.57. The number of H-pyrrole nitrogens is 1. The van der Waals surface area contributed by atoms with Gasteiger partial charge in [0.15, 0.2) is 0 Å². The van der Waals surface area contributed by atoms with Crippen LogP contribution in [0.1, 0.15) is 34.2 Å². The third kappa shape index (κ3) is 2.83. The Morgan fingerprint density at radius 3 is 2.63 bits per heavy atom. The summed E-state index contributed by atoms with van der Waals surface area (Å²) in [5.74, 6) is 0. The predicted octanol–water partition coefficient (Wildman–Crippen LogP) is 7.27. The Hall–Kier alpha value is -2.32. The summed E-state index contributed by atoms with van der Waals surface area (Å²) in [6.07, 6.45) is 5.74. The summed E-state index contributed by atoms with van der Waals surface area (Å²) in [6.45, 7) is 4.50. The maximum atomic E-state index is 3.57. The lowest BCUT2D eigenvalue weighted by Crippen LogP contribution is -1.92. The third-order valence-corrected chi connectivity index (χ3v) is 6.48. The van der Waals surface area contributed by atoms with Gasteiger partial charge in [-0.25, -0.2) is 0 Å². The van der Waals surface area contributed by atoms with Crippen molar-refractivity contribution in [1.29, 1.82) is 0 Å². The smallest absolute Gasteiger partial charge is 0.0824 e. The van der Waals surface area contributed by atoms with Gasteiger partial charge in [-0.2, -0.15) is 0 Å². The van der Waals surface area contributed by atoms with Gasteiger partial charge in [0.2, 0.25) is 0 Å². The maximum Gasteiger partial charge on any atom is 0.0824 e. The molecule has 1 aliphatic rings. The Kier molecular flexibility index (Phi) is 3.98. The number of allylic oxidation sites excluding steroid dienone is 1. The van der Waals surface area contributed by atoms with E-state index in [4.69, 9.17) is 0 Å². The Morgan fingerprint density at radius 2 is 1.78 bits per heavy atom. The summed E-state index contributed by atoms with van der Waals surface area (Å²) in [5.41, 5.74) is 9.91. The van der Waals surface area contributed by atoms with Gasteiger partial charge >= 0.3 is 0 Å². The molecule has 1 aliphatic carbocycles. The molecular formula is C25H22BrN. The van der Waals surface area contributed by atoms with Crippen LogP contribution in [-0.4, -0.2) is 4.98 Å². The van der Waals surface area contributed by atoms with Crippen LogP contribution < -0.4 is 0 Å². The van der Waals surface area contributed by atoms with Crippen LogP contribution in [0.2, 0.25) is 0 Å². The molecule has 2 heteroatoms. The number of aromatic nitrogens is 1. The number of benzene rings is 2. The molecule has 0 amide bonds. The van der Waals surface area contributed by atoms with Gasteiger partial charge in [-0.3, -0.25) is 0 Å². The molecule has 0 fully saturated rings. The van der Waals surface area contributed by atoms with Gasteiger partial charge in [0, 0.05) is 10.9 Å². The topological polar surface area (TPSA) is 15.8 Å². The molecule has 1 aromatic heterocycles. The van der Waals surface area contributed by atoms with Crippen molar-refractivity contribution in [2.45, 2.75) is 33.1 Å². The summed E-state index contributed by atoms with van der Waals surface area (Å²) in [7, 11) is 0. The summed E-state index contributed by atoms with van der Waals surface area (Å²) in [6, 6.07) is 17.8. The molecule has 1 nitrogen and oxygen atoms in total. The van der Waals surface area contributed by atoms with E-state index in [0.29, 0.717) is 0 Å². The van der Waals surface area contributed by atoms with E-state index in [9.17, 15) is 0 Å². The Bertz CT molecular complexity index is 1230. The zero-order valence-electron chi connectivity index (χ0n) is 15.7. The lowest BCUT2D eigenvalue weighted by molar-refractivity contribution is 0.919. The van der Waals surface area contributed by atoms with Crippen molar-refractivity contribution >= 4 is 43.7 Å². The number of halogens is 1. The molecule has 134 valence electrons. The number of fused-ring (bicyclic) bond motifs is 3. The Labute approximate surface area is 168 Å². The quantitative estimate of drug-likeness (QED) is 0.338. The Morgan fingerprint density at radius 1 is 0.926 bits per heavy atom. The fourth-order valence-corrected chi connectivity index (χ4v) is 4.92. The number of rotatable bonds is 3. The molecule has 0 aliphatic heterocycles. The first kappa shape index (κ1) is 16.8. The fraction of sp³-hybridized carbons (Fsp3) is 0.200. The van der Waals surface area contributed by atoms with Gasteiger partial charge in [-0.1, -0.05) is 42.0 Å². The summed E-state index contributed by atoms with van der Waals surface area (Å²) >= 11 is 3.57. The second kappa shape index (κ2) is 6.38. The minimum Gasteiger partial charge on any atom is -0.349 e. The van der Waals surface area contributed by atoms with Crippen LogP contribution in [0.5, 0.6) is 0 Å². The molecular weight excluding hydrogens is 394 g/mol. The van der Waals surface area contributed by atoms with E-state index in [1.165, 1.54) is 49.5 Å². The predicted molar refractivity (Wildman–Crippen MR) is 119 cm³/mol. The van der Waals surface area contributed by atoms with E-state index in [0.717, 1.165) is 23.9 Å². The molecule has 0 bridgehead atoms. The second-order valence-corrected chi connectivity index (χ2v) is 8.57. The van der Waals surface area contributed by atoms with Gasteiger partial charge < -0.3 is 4.98 Å². The second-order valence-electron chi connectivity index (χ2n) is 7.71. The molecule has 27 heavy (non-hydrogen) atoms. The third-order valence-electron chi connectivity index (χ3n) is 6.02. The molecule has 0 saturated carbocycles. The summed E-state index contributed by atoms with van der Waals surface area (Å²) in [5, 5.41) is 4.11. The van der Waals surface area contributed by atoms with Gasteiger partial charge in [-0.05, 0) is 106 Å². The van der Waals surface area contributed by atoms with Gasteiger partial charge in [0.05, 0.1) is 4.60 Å². The first-order chi connectivity index (χ1) is 13.1. The van der Waals surface area contributed by atoms with Crippen LogP contribution in [0.4, 0.5) is 0 Å². The van der Waals surface area contributed by atoms with Crippen molar-refractivity contribution < 1.29 is 0 Å². The van der Waals surface area contributed by atoms with Gasteiger partial charge in [0.25, 0.3) is 0 Å². The first-order valence-corrected chi connectivity index (χ1v) is 10.4. The lowest BCUT2D eigenvalue weighted by Gasteiger charge is -2.08. The van der Waals surface area contributed by atoms with E-state index < -0.39 is 0 Å². The number of aromatic amines is 1. The standard InChI is InChI=1S/C25H22BrN/c1-15-11-22-16(2)21-9-10-25(26)27-24(21)14-23(22)20(15)8-7-17-12-18-5-3-4-6-19(18)13-17/h3-6,9-12,14,27H,7-8,13H2,1-2H3. The van der Waals surface area contributed by atoms with E-state index in [-0.39, 0.29) is 0 Å². The fourth-order valence-electron chi connectivity index (χ4n) is 4.58. The molecule has 0 atom stereocenters. The molecule has 5 rings (SSSR count). The zero-order valence-corrected chi connectivity index (χ0v) is 17.3. The molecule has 0 spiro atoms. The number of hydrogen-bond acceptors (Lipinski definition) is 0. The SMILES string of the molecule is Cc1cc2c(C)c3ccc(Br)[nH]c3cc2c1CCC1=Cc2ccccc2C1. The van der Waals surface area contributed by atoms with Gasteiger partial charge in [0.1, 0.15) is 0 Å². The first-order valence-electron chi connectivity index (χ1n) is 9.57.